The molecule has 0 bridgehead atoms. The molecule has 1 heterocycles. The second-order valence-electron chi connectivity index (χ2n) is 5.20. The highest BCUT2D eigenvalue weighted by molar-refractivity contribution is 5.88. The number of carbonyl (C=O) groups is 1. The molecule has 1 aliphatic rings. The highest BCUT2D eigenvalue weighted by Gasteiger charge is 2.17. The van der Waals surface area contributed by atoms with Crippen LogP contribution in [0.2, 0.25) is 0 Å². The van der Waals surface area contributed by atoms with Gasteiger partial charge in [0.25, 0.3) is 5.56 Å². The number of pyridine rings is 1. The lowest BCUT2D eigenvalue weighted by atomic mass is 10.1. The third-order valence-corrected chi connectivity index (χ3v) is 3.85. The number of carboxylic acids is 1. The van der Waals surface area contributed by atoms with E-state index >= 15 is 0 Å². The van der Waals surface area contributed by atoms with E-state index in [1.165, 1.54) is 18.2 Å². The van der Waals surface area contributed by atoms with Crippen molar-refractivity contribution in [1.82, 2.24) is 4.57 Å². The lowest BCUT2D eigenvalue weighted by Crippen LogP contribution is -2.23. The largest absolute Gasteiger partial charge is 0.478 e. The molecule has 4 nitrogen and oxygen atoms in total. The number of hydrogen-bond donors (Lipinski definition) is 1. The molecule has 0 saturated carbocycles. The van der Waals surface area contributed by atoms with Gasteiger partial charge in [-0.1, -0.05) is 12.1 Å². The number of carboxylic acid groups (broad SMARTS) is 1. The molecule has 21 heavy (non-hydrogen) atoms. The zero-order valence-corrected chi connectivity index (χ0v) is 11.3. The van der Waals surface area contributed by atoms with Crippen molar-refractivity contribution in [3.63, 3.8) is 0 Å². The molecule has 0 radical (unpaired) electrons. The van der Waals surface area contributed by atoms with Crippen molar-refractivity contribution in [1.29, 1.82) is 0 Å². The predicted octanol–water partition coefficient (Wildman–Crippen LogP) is 2.22. The van der Waals surface area contributed by atoms with Gasteiger partial charge in [-0.3, -0.25) is 4.79 Å². The normalized spacial score (nSPS) is 13.2. The molecule has 108 valence electrons. The predicted molar refractivity (Wildman–Crippen MR) is 75.2 cm³/mol. The van der Waals surface area contributed by atoms with Gasteiger partial charge >= 0.3 is 5.97 Å². The summed E-state index contributed by atoms with van der Waals surface area (Å²) in [5, 5.41) is 8.96. The molecule has 0 atom stereocenters. The van der Waals surface area contributed by atoms with E-state index in [2.05, 4.69) is 0 Å². The molecular weight excluding hydrogens is 273 g/mol. The van der Waals surface area contributed by atoms with Crippen molar-refractivity contribution in [2.24, 2.45) is 0 Å². The van der Waals surface area contributed by atoms with Gasteiger partial charge in [-0.25, -0.2) is 9.18 Å². The van der Waals surface area contributed by atoms with Gasteiger partial charge in [0.15, 0.2) is 0 Å². The molecular formula is C16H14FNO3. The van der Waals surface area contributed by atoms with Crippen LogP contribution in [0.4, 0.5) is 4.39 Å². The van der Waals surface area contributed by atoms with Gasteiger partial charge in [-0.05, 0) is 42.5 Å². The van der Waals surface area contributed by atoms with E-state index in [9.17, 15) is 14.0 Å². The van der Waals surface area contributed by atoms with E-state index in [1.807, 2.05) is 6.07 Å². The molecule has 1 aromatic heterocycles. The van der Waals surface area contributed by atoms with Crippen molar-refractivity contribution in [2.75, 3.05) is 0 Å². The summed E-state index contributed by atoms with van der Waals surface area (Å²) < 4.78 is 15.1. The van der Waals surface area contributed by atoms with Gasteiger partial charge in [-0.2, -0.15) is 0 Å². The van der Waals surface area contributed by atoms with E-state index in [1.54, 1.807) is 4.57 Å². The number of fused-ring (bicyclic) bond motifs is 1. The summed E-state index contributed by atoms with van der Waals surface area (Å²) in [5.41, 5.74) is 2.29. The van der Waals surface area contributed by atoms with Crippen LogP contribution in [0.1, 0.15) is 33.6 Å². The van der Waals surface area contributed by atoms with E-state index in [4.69, 9.17) is 5.11 Å². The van der Waals surface area contributed by atoms with Crippen LogP contribution >= 0.6 is 0 Å². The Hall–Kier alpha value is -2.43. The first kappa shape index (κ1) is 13.5. The van der Waals surface area contributed by atoms with E-state index in [-0.39, 0.29) is 17.7 Å². The number of rotatable bonds is 3. The first-order valence-corrected chi connectivity index (χ1v) is 6.79. The second kappa shape index (κ2) is 5.16. The van der Waals surface area contributed by atoms with Crippen LogP contribution in [0, 0.1) is 5.82 Å². The van der Waals surface area contributed by atoms with E-state index in [0.29, 0.717) is 5.56 Å². The van der Waals surface area contributed by atoms with Crippen molar-refractivity contribution < 1.29 is 14.3 Å². The average molecular weight is 287 g/mol. The Morgan fingerprint density at radius 1 is 1.24 bits per heavy atom. The summed E-state index contributed by atoms with van der Waals surface area (Å²) in [6.07, 6.45) is 2.82. The molecule has 0 saturated heterocycles. The van der Waals surface area contributed by atoms with Crippen molar-refractivity contribution in [3.8, 4) is 0 Å². The third-order valence-electron chi connectivity index (χ3n) is 3.85. The fraction of sp³-hybridized carbons (Fsp3) is 0.250. The van der Waals surface area contributed by atoms with Gasteiger partial charge in [0.05, 0.1) is 12.1 Å². The summed E-state index contributed by atoms with van der Waals surface area (Å²) in [6, 6.07) is 7.33. The number of benzene rings is 1. The Morgan fingerprint density at radius 3 is 2.81 bits per heavy atom. The quantitative estimate of drug-likeness (QED) is 0.941. The van der Waals surface area contributed by atoms with Crippen LogP contribution in [0.5, 0.6) is 0 Å². The van der Waals surface area contributed by atoms with Gasteiger partial charge in [0, 0.05) is 11.8 Å². The number of nitrogens with zero attached hydrogens (tertiary/aromatic N) is 1. The van der Waals surface area contributed by atoms with Crippen molar-refractivity contribution in [2.45, 2.75) is 25.8 Å². The minimum absolute atomic E-state index is 0.114. The molecule has 1 aliphatic carbocycles. The fourth-order valence-electron chi connectivity index (χ4n) is 2.82. The van der Waals surface area contributed by atoms with Crippen LogP contribution < -0.4 is 5.56 Å². The van der Waals surface area contributed by atoms with Crippen molar-refractivity contribution >= 4 is 5.97 Å². The Kier molecular flexibility index (Phi) is 3.33. The third kappa shape index (κ3) is 2.46. The maximum absolute atomic E-state index is 13.4. The molecule has 1 aromatic carbocycles. The molecule has 0 fully saturated rings. The van der Waals surface area contributed by atoms with Crippen LogP contribution in [0.15, 0.2) is 35.1 Å². The highest BCUT2D eigenvalue weighted by Crippen LogP contribution is 2.21. The number of aromatic carboxylic acids is 1. The smallest absolute Gasteiger partial charge is 0.338 e. The monoisotopic (exact) mass is 287 g/mol. The summed E-state index contributed by atoms with van der Waals surface area (Å²) in [4.78, 5) is 23.0. The molecule has 2 aromatic rings. The second-order valence-corrected chi connectivity index (χ2v) is 5.20. The summed E-state index contributed by atoms with van der Waals surface area (Å²) in [7, 11) is 0. The molecule has 5 heteroatoms. The van der Waals surface area contributed by atoms with Crippen molar-refractivity contribution in [3.05, 3.63) is 68.9 Å². The SMILES string of the molecule is O=C(O)c1cc(Cn2c3c(ccc2=O)CCC3)ccc1F. The average Bonchev–Trinajstić information content (AvgIpc) is 2.92. The fourth-order valence-corrected chi connectivity index (χ4v) is 2.82. The first-order valence-electron chi connectivity index (χ1n) is 6.79. The van der Waals surface area contributed by atoms with Gasteiger partial charge < -0.3 is 9.67 Å². The van der Waals surface area contributed by atoms with Crippen LogP contribution in [-0.4, -0.2) is 15.6 Å². The number of halogens is 1. The van der Waals surface area contributed by atoms with Crippen LogP contribution in [0.25, 0.3) is 0 Å². The Labute approximate surface area is 120 Å². The summed E-state index contributed by atoms with van der Waals surface area (Å²) in [6.45, 7) is 0.266. The summed E-state index contributed by atoms with van der Waals surface area (Å²) in [5.74, 6) is -2.07. The van der Waals surface area contributed by atoms with E-state index < -0.39 is 11.8 Å². The minimum Gasteiger partial charge on any atom is -0.478 e. The zero-order chi connectivity index (χ0) is 15.0. The first-order chi connectivity index (χ1) is 10.1. The molecule has 0 aliphatic heterocycles. The van der Waals surface area contributed by atoms with Crippen LogP contribution in [0.3, 0.4) is 0 Å². The van der Waals surface area contributed by atoms with Crippen LogP contribution in [-0.2, 0) is 19.4 Å². The zero-order valence-electron chi connectivity index (χ0n) is 11.3. The Bertz CT molecular complexity index is 780. The maximum atomic E-state index is 13.4. The Balaban J connectivity index is 2.02. The molecule has 0 unspecified atom stereocenters. The highest BCUT2D eigenvalue weighted by atomic mass is 19.1. The molecule has 0 spiro atoms. The molecule has 0 amide bonds. The lowest BCUT2D eigenvalue weighted by Gasteiger charge is -2.12. The van der Waals surface area contributed by atoms with Gasteiger partial charge in [0.1, 0.15) is 5.82 Å². The topological polar surface area (TPSA) is 59.3 Å². The summed E-state index contributed by atoms with van der Waals surface area (Å²) >= 11 is 0. The molecule has 3 rings (SSSR count). The van der Waals surface area contributed by atoms with Gasteiger partial charge in [0.2, 0.25) is 0 Å². The number of aryl methyl sites for hydroxylation is 1. The maximum Gasteiger partial charge on any atom is 0.338 e. The minimum atomic E-state index is -1.31. The standard InChI is InChI=1S/C16H14FNO3/c17-13-6-4-10(8-12(13)16(20)21)9-18-14-3-1-2-11(14)5-7-15(18)19/h4-8H,1-3,9H2,(H,20,21). The number of hydrogen-bond acceptors (Lipinski definition) is 2. The van der Waals surface area contributed by atoms with Gasteiger partial charge in [-0.15, -0.1) is 0 Å². The Morgan fingerprint density at radius 2 is 2.05 bits per heavy atom. The lowest BCUT2D eigenvalue weighted by molar-refractivity contribution is 0.0691. The number of aromatic nitrogens is 1. The van der Waals surface area contributed by atoms with E-state index in [0.717, 1.165) is 36.6 Å². The molecule has 1 N–H and O–H groups in total.